The van der Waals surface area contributed by atoms with Crippen LogP contribution < -0.4 is 5.32 Å². The van der Waals surface area contributed by atoms with Crippen LogP contribution in [0.3, 0.4) is 0 Å². The third kappa shape index (κ3) is 31.2. The van der Waals surface area contributed by atoms with Crippen LogP contribution in [0, 0.1) is 0 Å². The lowest BCUT2D eigenvalue weighted by molar-refractivity contribution is -0.124. The third-order valence-corrected chi connectivity index (χ3v) is 9.04. The zero-order chi connectivity index (χ0) is 33.1. The van der Waals surface area contributed by atoms with Crippen LogP contribution in [0.5, 0.6) is 0 Å². The zero-order valence-corrected chi connectivity index (χ0v) is 30.0. The lowest BCUT2D eigenvalue weighted by atomic mass is 10.0. The van der Waals surface area contributed by atoms with Crippen LogP contribution in [-0.2, 0) is 4.79 Å². The smallest absolute Gasteiger partial charge is 0.220 e. The van der Waals surface area contributed by atoms with E-state index < -0.39 is 18.2 Å². The van der Waals surface area contributed by atoms with Gasteiger partial charge in [0.05, 0.1) is 18.8 Å². The summed E-state index contributed by atoms with van der Waals surface area (Å²) < 4.78 is 0. The van der Waals surface area contributed by atoms with Crippen molar-refractivity contribution in [1.82, 2.24) is 5.32 Å². The minimum atomic E-state index is -1.16. The Hall–Kier alpha value is -1.17. The van der Waals surface area contributed by atoms with Crippen molar-refractivity contribution < 1.29 is 20.1 Å². The van der Waals surface area contributed by atoms with Gasteiger partial charge in [-0.2, -0.15) is 0 Å². The number of carbonyl (C=O) groups is 1. The zero-order valence-electron chi connectivity index (χ0n) is 30.0. The standard InChI is InChI=1S/C40H77NO4/c1-3-5-7-9-11-13-15-17-18-19-20-21-22-23-24-26-28-30-32-34-38(43)40(45)37(36-42)41-39(44)35-33-31-29-27-25-16-14-12-10-8-6-4-2/h21-22,26,28,37-38,40,42-43,45H,3-20,23-25,27,29-36H2,1-2H3,(H,41,44)/b22-21+,28-26+. The molecule has 0 aliphatic carbocycles. The number of aliphatic hydroxyl groups excluding tert-OH is 3. The van der Waals surface area contributed by atoms with Crippen molar-refractivity contribution in [3.63, 3.8) is 0 Å². The fourth-order valence-corrected chi connectivity index (χ4v) is 5.94. The van der Waals surface area contributed by atoms with E-state index in [1.165, 1.54) is 128 Å². The molecule has 0 spiro atoms. The van der Waals surface area contributed by atoms with Crippen LogP contribution in [0.15, 0.2) is 24.3 Å². The van der Waals surface area contributed by atoms with Crippen molar-refractivity contribution in [3.8, 4) is 0 Å². The van der Waals surface area contributed by atoms with Crippen LogP contribution in [0.4, 0.5) is 0 Å². The Morgan fingerprint density at radius 3 is 1.36 bits per heavy atom. The molecule has 0 bridgehead atoms. The van der Waals surface area contributed by atoms with E-state index >= 15 is 0 Å². The molecule has 0 aliphatic heterocycles. The molecule has 1 amide bonds. The molecular weight excluding hydrogens is 558 g/mol. The molecule has 266 valence electrons. The maximum atomic E-state index is 12.3. The van der Waals surface area contributed by atoms with E-state index in [2.05, 4.69) is 43.5 Å². The second-order valence-electron chi connectivity index (χ2n) is 13.5. The molecule has 3 unspecified atom stereocenters. The minimum absolute atomic E-state index is 0.159. The first-order chi connectivity index (χ1) is 22.1. The van der Waals surface area contributed by atoms with Crippen LogP contribution in [0.2, 0.25) is 0 Å². The van der Waals surface area contributed by atoms with Crippen LogP contribution in [-0.4, -0.2) is 46.1 Å². The van der Waals surface area contributed by atoms with Gasteiger partial charge in [-0.05, 0) is 51.4 Å². The molecule has 0 aromatic rings. The summed E-state index contributed by atoms with van der Waals surface area (Å²) in [7, 11) is 0. The maximum absolute atomic E-state index is 12.3. The SMILES string of the molecule is CCCCCCCCCCCC/C=C/CC/C=C/CCCC(O)C(O)C(CO)NC(=O)CCCCCCCCCCCCCC. The minimum Gasteiger partial charge on any atom is -0.394 e. The van der Waals surface area contributed by atoms with E-state index in [4.69, 9.17) is 0 Å². The number of nitrogens with one attached hydrogen (secondary N) is 1. The van der Waals surface area contributed by atoms with Crippen LogP contribution in [0.1, 0.15) is 200 Å². The number of aliphatic hydroxyl groups is 3. The second-order valence-corrected chi connectivity index (χ2v) is 13.5. The Morgan fingerprint density at radius 2 is 0.911 bits per heavy atom. The first-order valence-corrected chi connectivity index (χ1v) is 19.6. The molecule has 0 saturated heterocycles. The summed E-state index contributed by atoms with van der Waals surface area (Å²) in [6, 6.07) is -0.826. The predicted octanol–water partition coefficient (Wildman–Crippen LogP) is 10.7. The second kappa shape index (κ2) is 35.7. The van der Waals surface area contributed by atoms with Gasteiger partial charge in [-0.1, -0.05) is 167 Å². The Kier molecular flexibility index (Phi) is 34.8. The predicted molar refractivity (Wildman–Crippen MR) is 195 cm³/mol. The van der Waals surface area contributed by atoms with Crippen molar-refractivity contribution in [2.24, 2.45) is 0 Å². The van der Waals surface area contributed by atoms with Gasteiger partial charge >= 0.3 is 0 Å². The third-order valence-electron chi connectivity index (χ3n) is 9.04. The molecule has 0 aromatic heterocycles. The molecule has 0 aliphatic rings. The van der Waals surface area contributed by atoms with Crippen LogP contribution in [0.25, 0.3) is 0 Å². The number of unbranched alkanes of at least 4 members (excludes halogenated alkanes) is 23. The lowest BCUT2D eigenvalue weighted by Crippen LogP contribution is -2.50. The number of carbonyl (C=O) groups excluding carboxylic acids is 1. The number of allylic oxidation sites excluding steroid dienone is 4. The first-order valence-electron chi connectivity index (χ1n) is 19.6. The number of hydrogen-bond acceptors (Lipinski definition) is 4. The van der Waals surface area contributed by atoms with Gasteiger partial charge in [0.25, 0.3) is 0 Å². The molecule has 0 rings (SSSR count). The van der Waals surface area contributed by atoms with E-state index in [9.17, 15) is 20.1 Å². The number of hydrogen-bond donors (Lipinski definition) is 4. The van der Waals surface area contributed by atoms with Crippen LogP contribution >= 0.6 is 0 Å². The van der Waals surface area contributed by atoms with E-state index in [-0.39, 0.29) is 12.5 Å². The fourth-order valence-electron chi connectivity index (χ4n) is 5.94. The number of rotatable bonds is 35. The summed E-state index contributed by atoms with van der Waals surface area (Å²) in [6.07, 6.45) is 41.3. The number of amides is 1. The van der Waals surface area contributed by atoms with Gasteiger partial charge < -0.3 is 20.6 Å². The highest BCUT2D eigenvalue weighted by Crippen LogP contribution is 2.14. The Labute approximate surface area is 280 Å². The van der Waals surface area contributed by atoms with Gasteiger partial charge in [0.1, 0.15) is 6.10 Å². The highest BCUT2D eigenvalue weighted by atomic mass is 16.3. The van der Waals surface area contributed by atoms with Gasteiger partial charge in [0.2, 0.25) is 5.91 Å². The topological polar surface area (TPSA) is 89.8 Å². The van der Waals surface area contributed by atoms with Gasteiger partial charge in [0, 0.05) is 6.42 Å². The Morgan fingerprint density at radius 1 is 0.533 bits per heavy atom. The molecule has 45 heavy (non-hydrogen) atoms. The molecule has 0 fully saturated rings. The van der Waals surface area contributed by atoms with E-state index in [1.54, 1.807) is 0 Å². The summed E-state index contributed by atoms with van der Waals surface area (Å²) in [4.78, 5) is 12.3. The van der Waals surface area contributed by atoms with Gasteiger partial charge in [0.15, 0.2) is 0 Å². The highest BCUT2D eigenvalue weighted by Gasteiger charge is 2.26. The lowest BCUT2D eigenvalue weighted by Gasteiger charge is -2.26. The van der Waals surface area contributed by atoms with Crippen molar-refractivity contribution in [3.05, 3.63) is 24.3 Å². The fraction of sp³-hybridized carbons (Fsp3) is 0.875. The average Bonchev–Trinajstić information content (AvgIpc) is 3.04. The maximum Gasteiger partial charge on any atom is 0.220 e. The van der Waals surface area contributed by atoms with Crippen molar-refractivity contribution in [2.75, 3.05) is 6.61 Å². The van der Waals surface area contributed by atoms with Crippen molar-refractivity contribution in [2.45, 2.75) is 218 Å². The summed E-state index contributed by atoms with van der Waals surface area (Å²) in [6.45, 7) is 4.15. The highest BCUT2D eigenvalue weighted by molar-refractivity contribution is 5.76. The molecule has 4 N–H and O–H groups in total. The van der Waals surface area contributed by atoms with E-state index in [0.29, 0.717) is 12.8 Å². The van der Waals surface area contributed by atoms with E-state index in [0.717, 1.165) is 44.9 Å². The monoisotopic (exact) mass is 636 g/mol. The summed E-state index contributed by atoms with van der Waals surface area (Å²) in [5.41, 5.74) is 0. The molecule has 3 atom stereocenters. The summed E-state index contributed by atoms with van der Waals surface area (Å²) >= 11 is 0. The van der Waals surface area contributed by atoms with Gasteiger partial charge in [-0.25, -0.2) is 0 Å². The molecule has 0 radical (unpaired) electrons. The molecule has 0 heterocycles. The molecule has 5 nitrogen and oxygen atoms in total. The Balaban J connectivity index is 3.73. The molecule has 5 heteroatoms. The summed E-state index contributed by atoms with van der Waals surface area (Å²) in [5.74, 6) is -0.159. The largest absolute Gasteiger partial charge is 0.394 e. The molecular formula is C40H77NO4. The van der Waals surface area contributed by atoms with Crippen molar-refractivity contribution in [1.29, 1.82) is 0 Å². The summed E-state index contributed by atoms with van der Waals surface area (Å²) in [5, 5.41) is 33.3. The average molecular weight is 636 g/mol. The normalized spacial score (nSPS) is 14.0. The van der Waals surface area contributed by atoms with Crippen molar-refractivity contribution >= 4 is 5.91 Å². The molecule has 0 saturated carbocycles. The van der Waals surface area contributed by atoms with Gasteiger partial charge in [-0.15, -0.1) is 0 Å². The van der Waals surface area contributed by atoms with Gasteiger partial charge in [-0.3, -0.25) is 4.79 Å². The first kappa shape index (κ1) is 43.8. The Bertz CT molecular complexity index is 665. The van der Waals surface area contributed by atoms with E-state index in [1.807, 2.05) is 0 Å². The quantitative estimate of drug-likeness (QED) is 0.0412. The molecule has 0 aromatic carbocycles.